The highest BCUT2D eigenvalue weighted by atomic mass is 32.2. The van der Waals surface area contributed by atoms with Crippen LogP contribution in [0.3, 0.4) is 0 Å². The molecule has 8 heteroatoms. The minimum absolute atomic E-state index is 0.0622. The highest BCUT2D eigenvalue weighted by molar-refractivity contribution is 7.91. The van der Waals surface area contributed by atoms with Gasteiger partial charge in [0.05, 0.1) is 6.61 Å². The maximum atomic E-state index is 11.7. The van der Waals surface area contributed by atoms with E-state index >= 15 is 0 Å². The number of aliphatic carboxylic acids is 1. The predicted octanol–water partition coefficient (Wildman–Crippen LogP) is -0.220. The van der Waals surface area contributed by atoms with Crippen molar-refractivity contribution in [3.05, 3.63) is 17.0 Å². The molecule has 0 aromatic carbocycles. The van der Waals surface area contributed by atoms with Crippen LogP contribution in [0.1, 0.15) is 5.56 Å². The number of sulfonamides is 1. The normalized spacial score (nSPS) is 13.6. The number of rotatable bonds is 5. The standard InChI is InChI=1S/C8H11NO5S2/c1-5-2-3-15-8(5)16(13,14)9-6(4-10)7(11)12/h2-3,6,9-10H,4H2,1H3,(H,11,12)/t6-/m1/s1. The van der Waals surface area contributed by atoms with Gasteiger partial charge in [0.15, 0.2) is 0 Å². The van der Waals surface area contributed by atoms with Crippen molar-refractivity contribution in [2.45, 2.75) is 17.2 Å². The highest BCUT2D eigenvalue weighted by Crippen LogP contribution is 2.21. The Labute approximate surface area is 96.6 Å². The summed E-state index contributed by atoms with van der Waals surface area (Å²) in [5.41, 5.74) is 0.541. The van der Waals surface area contributed by atoms with Gasteiger partial charge in [0.2, 0.25) is 0 Å². The number of thiophene rings is 1. The number of aryl methyl sites for hydroxylation is 1. The van der Waals surface area contributed by atoms with Crippen molar-refractivity contribution in [3.63, 3.8) is 0 Å². The Morgan fingerprint density at radius 2 is 2.25 bits per heavy atom. The van der Waals surface area contributed by atoms with Gasteiger partial charge in [0.1, 0.15) is 10.3 Å². The van der Waals surface area contributed by atoms with E-state index in [1.807, 2.05) is 4.72 Å². The first-order chi connectivity index (χ1) is 7.38. The molecule has 0 aliphatic carbocycles. The fraction of sp³-hybridized carbons (Fsp3) is 0.375. The van der Waals surface area contributed by atoms with E-state index < -0.39 is 28.6 Å². The molecule has 3 N–H and O–H groups in total. The Bertz CT molecular complexity index is 478. The van der Waals surface area contributed by atoms with Crippen molar-refractivity contribution in [1.82, 2.24) is 4.72 Å². The molecule has 0 bridgehead atoms. The summed E-state index contributed by atoms with van der Waals surface area (Å²) in [6, 6.07) is 0.0972. The Hall–Kier alpha value is -0.960. The summed E-state index contributed by atoms with van der Waals surface area (Å²) < 4.78 is 25.4. The third-order valence-corrected chi connectivity index (χ3v) is 5.00. The lowest BCUT2D eigenvalue weighted by Gasteiger charge is -2.11. The third-order valence-electron chi connectivity index (χ3n) is 1.84. The SMILES string of the molecule is Cc1ccsc1S(=O)(=O)N[C@H](CO)C(=O)O. The maximum absolute atomic E-state index is 11.7. The maximum Gasteiger partial charge on any atom is 0.324 e. The first-order valence-electron chi connectivity index (χ1n) is 4.28. The summed E-state index contributed by atoms with van der Waals surface area (Å²) in [4.78, 5) is 10.6. The zero-order valence-electron chi connectivity index (χ0n) is 8.37. The molecule has 0 spiro atoms. The average Bonchev–Trinajstić information content (AvgIpc) is 2.61. The van der Waals surface area contributed by atoms with Crippen LogP contribution in [-0.4, -0.2) is 37.2 Å². The molecular weight excluding hydrogens is 254 g/mol. The molecule has 1 heterocycles. The molecule has 0 fully saturated rings. The van der Waals surface area contributed by atoms with Gasteiger partial charge in [-0.25, -0.2) is 8.42 Å². The van der Waals surface area contributed by atoms with Crippen molar-refractivity contribution >= 4 is 27.3 Å². The van der Waals surface area contributed by atoms with Crippen LogP contribution in [0.2, 0.25) is 0 Å². The molecule has 0 saturated heterocycles. The van der Waals surface area contributed by atoms with Crippen molar-refractivity contribution in [2.75, 3.05) is 6.61 Å². The highest BCUT2D eigenvalue weighted by Gasteiger charge is 2.26. The van der Waals surface area contributed by atoms with Crippen LogP contribution < -0.4 is 4.72 Å². The van der Waals surface area contributed by atoms with Gasteiger partial charge in [0.25, 0.3) is 10.0 Å². The van der Waals surface area contributed by atoms with E-state index in [1.165, 1.54) is 0 Å². The quantitative estimate of drug-likeness (QED) is 0.683. The van der Waals surface area contributed by atoms with Gasteiger partial charge in [-0.1, -0.05) is 0 Å². The van der Waals surface area contributed by atoms with Gasteiger partial charge in [0, 0.05) is 0 Å². The topological polar surface area (TPSA) is 104 Å². The number of aliphatic hydroxyl groups excluding tert-OH is 1. The third kappa shape index (κ3) is 2.79. The molecule has 1 aromatic rings. The summed E-state index contributed by atoms with van der Waals surface area (Å²) in [6.45, 7) is 0.818. The van der Waals surface area contributed by atoms with Crippen LogP contribution >= 0.6 is 11.3 Å². The molecule has 0 saturated carbocycles. The average molecular weight is 265 g/mol. The molecule has 0 unspecified atom stereocenters. The number of hydrogen-bond donors (Lipinski definition) is 3. The first kappa shape index (κ1) is 13.1. The smallest absolute Gasteiger partial charge is 0.324 e. The van der Waals surface area contributed by atoms with Crippen LogP contribution in [0, 0.1) is 6.92 Å². The fourth-order valence-electron chi connectivity index (χ4n) is 1.04. The lowest BCUT2D eigenvalue weighted by Crippen LogP contribution is -2.43. The van der Waals surface area contributed by atoms with Crippen LogP contribution in [0.4, 0.5) is 0 Å². The van der Waals surface area contributed by atoms with Crippen LogP contribution in [-0.2, 0) is 14.8 Å². The summed E-state index contributed by atoms with van der Waals surface area (Å²) in [7, 11) is -3.88. The monoisotopic (exact) mass is 265 g/mol. The van der Waals surface area contributed by atoms with Crippen LogP contribution in [0.5, 0.6) is 0 Å². The number of carboxylic acid groups (broad SMARTS) is 1. The Morgan fingerprint density at radius 1 is 1.62 bits per heavy atom. The van der Waals surface area contributed by atoms with Gasteiger partial charge in [-0.15, -0.1) is 11.3 Å². The largest absolute Gasteiger partial charge is 0.480 e. The second-order valence-electron chi connectivity index (χ2n) is 3.09. The second-order valence-corrected chi connectivity index (χ2v) is 5.91. The van der Waals surface area contributed by atoms with E-state index in [4.69, 9.17) is 10.2 Å². The van der Waals surface area contributed by atoms with Crippen molar-refractivity contribution < 1.29 is 23.4 Å². The zero-order valence-corrected chi connectivity index (χ0v) is 10.0. The Kier molecular flexibility index (Phi) is 4.03. The summed E-state index contributed by atoms with van der Waals surface area (Å²) >= 11 is 0.996. The predicted molar refractivity (Wildman–Crippen MR) is 57.9 cm³/mol. The number of carboxylic acids is 1. The lowest BCUT2D eigenvalue weighted by molar-refractivity contribution is -0.139. The molecule has 0 radical (unpaired) electrons. The van der Waals surface area contributed by atoms with E-state index in [1.54, 1.807) is 18.4 Å². The van der Waals surface area contributed by atoms with Gasteiger partial charge >= 0.3 is 5.97 Å². The first-order valence-corrected chi connectivity index (χ1v) is 6.65. The molecule has 0 aliphatic heterocycles. The minimum Gasteiger partial charge on any atom is -0.480 e. The summed E-state index contributed by atoms with van der Waals surface area (Å²) in [5.74, 6) is -1.42. The fourth-order valence-corrected chi connectivity index (χ4v) is 3.66. The second kappa shape index (κ2) is 4.91. The van der Waals surface area contributed by atoms with E-state index in [0.29, 0.717) is 5.56 Å². The van der Waals surface area contributed by atoms with Crippen molar-refractivity contribution in [3.8, 4) is 0 Å². The van der Waals surface area contributed by atoms with E-state index in [-0.39, 0.29) is 4.21 Å². The van der Waals surface area contributed by atoms with Gasteiger partial charge < -0.3 is 10.2 Å². The lowest BCUT2D eigenvalue weighted by atomic mass is 10.3. The molecule has 0 amide bonds. The van der Waals surface area contributed by atoms with Gasteiger partial charge in [-0.2, -0.15) is 4.72 Å². The van der Waals surface area contributed by atoms with E-state index in [2.05, 4.69) is 0 Å². The van der Waals surface area contributed by atoms with E-state index in [9.17, 15) is 13.2 Å². The molecule has 16 heavy (non-hydrogen) atoms. The zero-order chi connectivity index (χ0) is 12.3. The minimum atomic E-state index is -3.88. The molecule has 1 atom stereocenters. The molecule has 1 aromatic heterocycles. The summed E-state index contributed by atoms with van der Waals surface area (Å²) in [6.07, 6.45) is 0. The van der Waals surface area contributed by atoms with E-state index in [0.717, 1.165) is 11.3 Å². The molecule has 0 aliphatic rings. The van der Waals surface area contributed by atoms with Crippen LogP contribution in [0.15, 0.2) is 15.7 Å². The summed E-state index contributed by atoms with van der Waals surface area (Å²) in [5, 5.41) is 18.9. The van der Waals surface area contributed by atoms with Crippen LogP contribution in [0.25, 0.3) is 0 Å². The van der Waals surface area contributed by atoms with Crippen molar-refractivity contribution in [2.24, 2.45) is 0 Å². The number of aliphatic hydroxyl groups is 1. The number of carbonyl (C=O) groups is 1. The molecular formula is C8H11NO5S2. The molecule has 90 valence electrons. The van der Waals surface area contributed by atoms with Gasteiger partial charge in [-0.3, -0.25) is 4.79 Å². The number of nitrogens with one attached hydrogen (secondary N) is 1. The van der Waals surface area contributed by atoms with Gasteiger partial charge in [-0.05, 0) is 23.9 Å². The number of hydrogen-bond acceptors (Lipinski definition) is 5. The molecule has 1 rings (SSSR count). The van der Waals surface area contributed by atoms with Crippen molar-refractivity contribution in [1.29, 1.82) is 0 Å². The Balaban J connectivity index is 2.97. The molecule has 6 nitrogen and oxygen atoms in total. The Morgan fingerprint density at radius 3 is 2.62 bits per heavy atom.